The van der Waals surface area contributed by atoms with Crippen molar-refractivity contribution in [3.63, 3.8) is 0 Å². The molecule has 0 atom stereocenters. The molecule has 0 radical (unpaired) electrons. The Kier molecular flexibility index (Phi) is 3.49. The fraction of sp³-hybridized carbons (Fsp3) is 0.625. The number of hydrogen-bond donors (Lipinski definition) is 0. The van der Waals surface area contributed by atoms with Gasteiger partial charge in [0, 0.05) is 0 Å². The molecule has 82 valence electrons. The first-order valence-corrected chi connectivity index (χ1v) is 6.56. The van der Waals surface area contributed by atoms with Crippen LogP contribution in [0.4, 0.5) is 0 Å². The molecule has 1 aliphatic carbocycles. The Bertz CT molecular complexity index is 333. The zero-order valence-corrected chi connectivity index (χ0v) is 12.7. The van der Waals surface area contributed by atoms with E-state index in [-0.39, 0.29) is 20.9 Å². The minimum Gasteiger partial charge on any atom is -0.299 e. The molecule has 1 aliphatic rings. The monoisotopic (exact) mass is 220 g/mol. The van der Waals surface area contributed by atoms with Crippen LogP contribution in [0.25, 0.3) is 0 Å². The molecular weight excluding hydrogens is 199 g/mol. The summed E-state index contributed by atoms with van der Waals surface area (Å²) in [5.41, 5.74) is 0. The zero-order valence-electron chi connectivity index (χ0n) is 12.7. The van der Waals surface area contributed by atoms with Gasteiger partial charge in [-0.05, 0) is 12.0 Å². The van der Waals surface area contributed by atoms with Gasteiger partial charge in [0.1, 0.15) is 6.29 Å². The van der Waals surface area contributed by atoms with E-state index < -0.39 is 0 Å². The summed E-state index contributed by atoms with van der Waals surface area (Å²) in [7, 11) is 18.8. The Morgan fingerprint density at radius 1 is 0.765 bits per heavy atom. The van der Waals surface area contributed by atoms with Crippen molar-refractivity contribution in [2.45, 2.75) is 20.9 Å². The molecule has 0 aromatic carbocycles. The van der Waals surface area contributed by atoms with Crippen molar-refractivity contribution >= 4 is 69.1 Å². The summed E-state index contributed by atoms with van der Waals surface area (Å²) in [5.74, 6) is 0.421. The molecule has 0 saturated heterocycles. The highest BCUT2D eigenvalue weighted by Crippen LogP contribution is 2.78. The molecule has 1 fully saturated rings. The largest absolute Gasteiger partial charge is 0.299 e. The second kappa shape index (κ2) is 3.96. The normalized spacial score (nSPS) is 29.2. The third-order valence-electron chi connectivity index (χ3n) is 6.72. The van der Waals surface area contributed by atoms with E-state index in [9.17, 15) is 4.79 Å². The highest BCUT2D eigenvalue weighted by atomic mass is 16.1. The maximum atomic E-state index is 10.6. The summed E-state index contributed by atoms with van der Waals surface area (Å²) in [6.07, 6.45) is 4.68. The molecule has 0 aromatic heterocycles. The van der Waals surface area contributed by atoms with Crippen molar-refractivity contribution in [2.24, 2.45) is 5.92 Å². The van der Waals surface area contributed by atoms with Crippen LogP contribution in [0.3, 0.4) is 0 Å². The summed E-state index contributed by atoms with van der Waals surface area (Å²) in [6.45, 7) is 0. The Morgan fingerprint density at radius 3 is 1.41 bits per heavy atom. The third kappa shape index (κ3) is 1.68. The maximum Gasteiger partial charge on any atom is 0.142 e. The van der Waals surface area contributed by atoms with Gasteiger partial charge in [0.15, 0.2) is 0 Å². The average Bonchev–Trinajstić information content (AvgIpc) is 2.21. The second-order valence-electron chi connectivity index (χ2n) is 7.69. The number of rotatable bonds is 2. The quantitative estimate of drug-likeness (QED) is 0.256. The summed E-state index contributed by atoms with van der Waals surface area (Å²) >= 11 is 0. The molecule has 0 amide bonds. The Hall–Kier alpha value is -0.0705. The predicted octanol–water partition coefficient (Wildman–Crippen LogP) is -6.10. The fourth-order valence-electron chi connectivity index (χ4n) is 3.93. The molecule has 0 N–H and O–H groups in total. The van der Waals surface area contributed by atoms with Crippen LogP contribution >= 0.6 is 0 Å². The van der Waals surface area contributed by atoms with E-state index >= 15 is 0 Å². The molecule has 1 rings (SSSR count). The minimum absolute atomic E-state index is 0.180. The van der Waals surface area contributed by atoms with Crippen LogP contribution < -0.4 is 0 Å². The number of allylic oxidation sites excluding steroid dienone is 2. The lowest BCUT2D eigenvalue weighted by atomic mass is 9.17. The highest BCUT2D eigenvalue weighted by Gasteiger charge is 2.64. The average molecular weight is 219 g/mol. The van der Waals surface area contributed by atoms with Gasteiger partial charge in [0.2, 0.25) is 0 Å². The van der Waals surface area contributed by atoms with Gasteiger partial charge >= 0.3 is 0 Å². The molecular formula is C8H20B8O. The SMILES string of the molecule is BC1(B)C(/C=C/C=O)C(B)(B)C(B)(B)C1(B)B. The lowest BCUT2D eigenvalue weighted by molar-refractivity contribution is -0.104. The molecule has 0 bridgehead atoms. The lowest BCUT2D eigenvalue weighted by Gasteiger charge is -2.49. The van der Waals surface area contributed by atoms with E-state index in [1.165, 1.54) is 0 Å². The van der Waals surface area contributed by atoms with Crippen molar-refractivity contribution in [3.8, 4) is 0 Å². The van der Waals surface area contributed by atoms with Crippen LogP contribution in [0, 0.1) is 5.92 Å². The van der Waals surface area contributed by atoms with Crippen LogP contribution in [-0.4, -0.2) is 69.1 Å². The Balaban J connectivity index is 3.41. The molecule has 0 aromatic rings. The first-order valence-electron chi connectivity index (χ1n) is 6.56. The molecule has 9 heteroatoms. The van der Waals surface area contributed by atoms with Gasteiger partial charge in [0.05, 0.1) is 62.8 Å². The highest BCUT2D eigenvalue weighted by molar-refractivity contribution is 6.68. The number of aldehydes is 1. The molecule has 0 aliphatic heterocycles. The smallest absolute Gasteiger partial charge is 0.142 e. The van der Waals surface area contributed by atoms with E-state index in [2.05, 4.69) is 68.8 Å². The van der Waals surface area contributed by atoms with Gasteiger partial charge < -0.3 is 0 Å². The fourth-order valence-corrected chi connectivity index (χ4v) is 3.93. The second-order valence-corrected chi connectivity index (χ2v) is 7.69. The van der Waals surface area contributed by atoms with E-state index in [1.54, 1.807) is 6.08 Å². The molecule has 1 nitrogen and oxygen atoms in total. The van der Waals surface area contributed by atoms with E-state index in [0.717, 1.165) is 6.29 Å². The maximum absolute atomic E-state index is 10.6. The lowest BCUT2D eigenvalue weighted by Crippen LogP contribution is -2.39. The summed E-state index contributed by atoms with van der Waals surface area (Å²) in [4.78, 5) is 10.6. The van der Waals surface area contributed by atoms with Crippen LogP contribution in [0.2, 0.25) is 20.9 Å². The topological polar surface area (TPSA) is 17.1 Å². The van der Waals surface area contributed by atoms with E-state index in [0.29, 0.717) is 5.92 Å². The number of carbonyl (C=O) groups excluding carboxylic acids is 1. The van der Waals surface area contributed by atoms with Crippen LogP contribution in [0.5, 0.6) is 0 Å². The first kappa shape index (κ1) is 15.0. The van der Waals surface area contributed by atoms with Crippen molar-refractivity contribution in [1.82, 2.24) is 0 Å². The molecule has 17 heavy (non-hydrogen) atoms. The van der Waals surface area contributed by atoms with Crippen LogP contribution in [0.1, 0.15) is 0 Å². The molecule has 1 saturated carbocycles. The van der Waals surface area contributed by atoms with Gasteiger partial charge in [0.25, 0.3) is 0 Å². The van der Waals surface area contributed by atoms with Crippen molar-refractivity contribution < 1.29 is 4.79 Å². The van der Waals surface area contributed by atoms with Crippen molar-refractivity contribution in [2.75, 3.05) is 0 Å². The van der Waals surface area contributed by atoms with Crippen LogP contribution in [-0.2, 0) is 4.79 Å². The summed E-state index contributed by atoms with van der Waals surface area (Å²) < 4.78 is 0. The molecule has 0 unspecified atom stereocenters. The van der Waals surface area contributed by atoms with E-state index in [1.807, 2.05) is 0 Å². The third-order valence-corrected chi connectivity index (χ3v) is 6.72. The molecule has 0 spiro atoms. The zero-order chi connectivity index (χ0) is 13.7. The minimum atomic E-state index is 0.180. The van der Waals surface area contributed by atoms with Gasteiger partial charge in [-0.3, -0.25) is 4.79 Å². The predicted molar refractivity (Wildman–Crippen MR) is 97.8 cm³/mol. The van der Waals surface area contributed by atoms with Gasteiger partial charge in [-0.2, -0.15) is 0 Å². The Labute approximate surface area is 113 Å². The Morgan fingerprint density at radius 2 is 1.12 bits per heavy atom. The number of hydrogen-bond acceptors (Lipinski definition) is 1. The van der Waals surface area contributed by atoms with Crippen molar-refractivity contribution in [1.29, 1.82) is 0 Å². The van der Waals surface area contributed by atoms with Gasteiger partial charge in [-0.25, -0.2) is 0 Å². The van der Waals surface area contributed by atoms with Crippen molar-refractivity contribution in [3.05, 3.63) is 12.2 Å². The standard InChI is InChI=1S/C8H20B8O/c9-5(10)4(2-1-3-17)6(11,12)8(15,16)7(5,13)14/h1-4H,9-16H2/b2-1+. The van der Waals surface area contributed by atoms with Crippen LogP contribution in [0.15, 0.2) is 12.2 Å². The summed E-state index contributed by atoms with van der Waals surface area (Å²) in [5, 5.41) is 0.807. The molecule has 0 heterocycles. The summed E-state index contributed by atoms with van der Waals surface area (Å²) in [6, 6.07) is 0. The first-order chi connectivity index (χ1) is 7.44. The van der Waals surface area contributed by atoms with Gasteiger partial charge in [-0.15, -0.1) is 10.4 Å². The van der Waals surface area contributed by atoms with Gasteiger partial charge in [-0.1, -0.05) is 16.5 Å². The van der Waals surface area contributed by atoms with E-state index in [4.69, 9.17) is 0 Å². The number of carbonyl (C=O) groups is 1.